The zero-order chi connectivity index (χ0) is 23.6. The summed E-state index contributed by atoms with van der Waals surface area (Å²) in [7, 11) is 1.62. The highest BCUT2D eigenvalue weighted by Crippen LogP contribution is 2.26. The molecule has 0 aromatic heterocycles. The molecule has 2 N–H and O–H groups in total. The molecule has 33 heavy (non-hydrogen) atoms. The van der Waals surface area contributed by atoms with Crippen LogP contribution in [0.1, 0.15) is 36.2 Å². The Labute approximate surface area is 197 Å². The van der Waals surface area contributed by atoms with E-state index in [1.807, 2.05) is 72.8 Å². The second kappa shape index (κ2) is 12.2. The second-order valence-electron chi connectivity index (χ2n) is 8.10. The van der Waals surface area contributed by atoms with Crippen LogP contribution in [0.15, 0.2) is 72.8 Å². The summed E-state index contributed by atoms with van der Waals surface area (Å²) in [6.07, 6.45) is 0.987. The molecule has 1 unspecified atom stereocenters. The van der Waals surface area contributed by atoms with Crippen LogP contribution in [0.2, 0.25) is 0 Å². The molecule has 174 valence electrons. The first-order valence-corrected chi connectivity index (χ1v) is 11.6. The minimum Gasteiger partial charge on any atom is -0.496 e. The van der Waals surface area contributed by atoms with Gasteiger partial charge in [0.2, 0.25) is 0 Å². The highest BCUT2D eigenvalue weighted by Gasteiger charge is 2.13. The minimum absolute atomic E-state index is 0.168. The quantitative estimate of drug-likeness (QED) is 0.422. The SMILES string of the molecule is CCN(CC)CC(O)CCc1ccc(NC(=O)c2ccc(-c3ccccc3)cc2)cc1OC. The van der Waals surface area contributed by atoms with Gasteiger partial charge in [-0.05, 0) is 60.8 Å². The third kappa shape index (κ3) is 6.91. The number of rotatable bonds is 11. The number of aliphatic hydroxyl groups excluding tert-OH is 1. The molecule has 0 fully saturated rings. The summed E-state index contributed by atoms with van der Waals surface area (Å²) in [4.78, 5) is 14.9. The third-order valence-corrected chi connectivity index (χ3v) is 5.91. The van der Waals surface area contributed by atoms with Crippen LogP contribution in [0.25, 0.3) is 11.1 Å². The van der Waals surface area contributed by atoms with Crippen molar-refractivity contribution in [2.75, 3.05) is 32.1 Å². The van der Waals surface area contributed by atoms with Gasteiger partial charge in [-0.1, -0.05) is 62.4 Å². The lowest BCUT2D eigenvalue weighted by atomic mass is 10.0. The van der Waals surface area contributed by atoms with Crippen LogP contribution in [0.3, 0.4) is 0 Å². The number of nitrogens with zero attached hydrogens (tertiary/aromatic N) is 1. The summed E-state index contributed by atoms with van der Waals surface area (Å²) in [6, 6.07) is 23.3. The molecule has 0 saturated heterocycles. The molecular weight excluding hydrogens is 412 g/mol. The number of nitrogens with one attached hydrogen (secondary N) is 1. The number of amides is 1. The lowest BCUT2D eigenvalue weighted by Crippen LogP contribution is -2.32. The third-order valence-electron chi connectivity index (χ3n) is 5.91. The van der Waals surface area contributed by atoms with Gasteiger partial charge in [0.1, 0.15) is 5.75 Å². The van der Waals surface area contributed by atoms with E-state index in [-0.39, 0.29) is 12.0 Å². The Morgan fingerprint density at radius 1 is 0.970 bits per heavy atom. The summed E-state index contributed by atoms with van der Waals surface area (Å²) in [5, 5.41) is 13.3. The Morgan fingerprint density at radius 3 is 2.27 bits per heavy atom. The maximum atomic E-state index is 12.7. The van der Waals surface area contributed by atoms with E-state index in [0.717, 1.165) is 29.8 Å². The van der Waals surface area contributed by atoms with Gasteiger partial charge in [0.05, 0.1) is 13.2 Å². The van der Waals surface area contributed by atoms with Gasteiger partial charge in [-0.2, -0.15) is 0 Å². The molecule has 0 aliphatic carbocycles. The van der Waals surface area contributed by atoms with E-state index in [1.54, 1.807) is 7.11 Å². The summed E-state index contributed by atoms with van der Waals surface area (Å²) >= 11 is 0. The number of hydrogen-bond acceptors (Lipinski definition) is 4. The highest BCUT2D eigenvalue weighted by atomic mass is 16.5. The molecule has 3 aromatic carbocycles. The zero-order valence-electron chi connectivity index (χ0n) is 19.8. The molecule has 1 amide bonds. The van der Waals surface area contributed by atoms with Crippen molar-refractivity contribution in [3.05, 3.63) is 83.9 Å². The van der Waals surface area contributed by atoms with Crippen LogP contribution in [0, 0.1) is 0 Å². The monoisotopic (exact) mass is 446 g/mol. The van der Waals surface area contributed by atoms with Crippen molar-refractivity contribution >= 4 is 11.6 Å². The number of methoxy groups -OCH3 is 1. The Kier molecular flexibility index (Phi) is 9.04. The van der Waals surface area contributed by atoms with E-state index < -0.39 is 0 Å². The lowest BCUT2D eigenvalue weighted by molar-refractivity contribution is 0.102. The number of aryl methyl sites for hydroxylation is 1. The molecule has 0 heterocycles. The van der Waals surface area contributed by atoms with E-state index in [1.165, 1.54) is 0 Å². The maximum absolute atomic E-state index is 12.7. The summed E-state index contributed by atoms with van der Waals surface area (Å²) < 4.78 is 5.55. The van der Waals surface area contributed by atoms with Crippen LogP contribution < -0.4 is 10.1 Å². The van der Waals surface area contributed by atoms with Crippen LogP contribution >= 0.6 is 0 Å². The van der Waals surface area contributed by atoms with E-state index in [4.69, 9.17) is 4.74 Å². The molecule has 0 aliphatic heterocycles. The average molecular weight is 447 g/mol. The number of likely N-dealkylation sites (N-methyl/N-ethyl adjacent to an activating group) is 1. The van der Waals surface area contributed by atoms with E-state index in [9.17, 15) is 9.90 Å². The molecule has 5 nitrogen and oxygen atoms in total. The fourth-order valence-corrected chi connectivity index (χ4v) is 3.87. The number of carbonyl (C=O) groups is 1. The average Bonchev–Trinajstić information content (AvgIpc) is 2.87. The maximum Gasteiger partial charge on any atom is 0.255 e. The van der Waals surface area contributed by atoms with Crippen LogP contribution in [-0.4, -0.2) is 48.8 Å². The standard InChI is InChI=1S/C28H34N2O3/c1-4-30(5-2)20-26(31)18-16-23-15-17-25(19-27(23)33-3)29-28(32)24-13-11-22(12-14-24)21-9-7-6-8-10-21/h6-15,17,19,26,31H,4-5,16,18,20H2,1-3H3,(H,29,32). The molecule has 3 rings (SSSR count). The molecule has 5 heteroatoms. The molecule has 0 aliphatic rings. The normalized spacial score (nSPS) is 11.9. The molecule has 0 spiro atoms. The molecular formula is C28H34N2O3. The van der Waals surface area contributed by atoms with Crippen molar-refractivity contribution in [3.8, 4) is 16.9 Å². The number of carbonyl (C=O) groups excluding carboxylic acids is 1. The summed E-state index contributed by atoms with van der Waals surface area (Å²) in [5.74, 6) is 0.543. The van der Waals surface area contributed by atoms with Crippen molar-refractivity contribution < 1.29 is 14.6 Å². The van der Waals surface area contributed by atoms with E-state index >= 15 is 0 Å². The number of ether oxygens (including phenoxy) is 1. The van der Waals surface area contributed by atoms with Gasteiger partial charge in [0.25, 0.3) is 5.91 Å². The van der Waals surface area contributed by atoms with Gasteiger partial charge in [-0.25, -0.2) is 0 Å². The first-order valence-electron chi connectivity index (χ1n) is 11.6. The molecule has 0 saturated carbocycles. The first-order chi connectivity index (χ1) is 16.0. The number of aliphatic hydroxyl groups is 1. The largest absolute Gasteiger partial charge is 0.496 e. The number of hydrogen-bond donors (Lipinski definition) is 2. The summed E-state index contributed by atoms with van der Waals surface area (Å²) in [6.45, 7) is 6.74. The van der Waals surface area contributed by atoms with Gasteiger partial charge in [-0.15, -0.1) is 0 Å². The molecule has 1 atom stereocenters. The predicted octanol–water partition coefficient (Wildman–Crippen LogP) is 5.25. The molecule has 0 radical (unpaired) electrons. The van der Waals surface area contributed by atoms with Crippen LogP contribution in [0.4, 0.5) is 5.69 Å². The fraction of sp³-hybridized carbons (Fsp3) is 0.321. The van der Waals surface area contributed by atoms with Gasteiger partial charge in [0.15, 0.2) is 0 Å². The van der Waals surface area contributed by atoms with E-state index in [2.05, 4.69) is 24.1 Å². The van der Waals surface area contributed by atoms with Gasteiger partial charge in [0, 0.05) is 23.9 Å². The first kappa shape index (κ1) is 24.5. The number of benzene rings is 3. The molecule has 3 aromatic rings. The lowest BCUT2D eigenvalue weighted by Gasteiger charge is -2.22. The van der Waals surface area contributed by atoms with Crippen molar-refractivity contribution in [3.63, 3.8) is 0 Å². The smallest absolute Gasteiger partial charge is 0.255 e. The van der Waals surface area contributed by atoms with E-state index in [0.29, 0.717) is 36.4 Å². The Hall–Kier alpha value is -3.15. The summed E-state index contributed by atoms with van der Waals surface area (Å²) in [5.41, 5.74) is 4.48. The van der Waals surface area contributed by atoms with Gasteiger partial charge < -0.3 is 20.1 Å². The Balaban J connectivity index is 1.61. The van der Waals surface area contributed by atoms with Crippen molar-refractivity contribution in [1.82, 2.24) is 4.90 Å². The number of anilines is 1. The predicted molar refractivity (Wildman–Crippen MR) is 135 cm³/mol. The second-order valence-corrected chi connectivity index (χ2v) is 8.10. The van der Waals surface area contributed by atoms with Crippen LogP contribution in [-0.2, 0) is 6.42 Å². The van der Waals surface area contributed by atoms with Crippen molar-refractivity contribution in [2.45, 2.75) is 32.8 Å². The topological polar surface area (TPSA) is 61.8 Å². The fourth-order valence-electron chi connectivity index (χ4n) is 3.87. The Morgan fingerprint density at radius 2 is 1.64 bits per heavy atom. The van der Waals surface area contributed by atoms with Gasteiger partial charge in [-0.3, -0.25) is 4.79 Å². The highest BCUT2D eigenvalue weighted by molar-refractivity contribution is 6.04. The zero-order valence-corrected chi connectivity index (χ0v) is 19.8. The van der Waals surface area contributed by atoms with Crippen LogP contribution in [0.5, 0.6) is 5.75 Å². The molecule has 0 bridgehead atoms. The van der Waals surface area contributed by atoms with Crippen molar-refractivity contribution in [1.29, 1.82) is 0 Å². The van der Waals surface area contributed by atoms with Crippen molar-refractivity contribution in [2.24, 2.45) is 0 Å². The Bertz CT molecular complexity index is 1020. The van der Waals surface area contributed by atoms with Gasteiger partial charge >= 0.3 is 0 Å². The minimum atomic E-state index is -0.382.